The normalized spacial score (nSPS) is 10.4. The van der Waals surface area contributed by atoms with E-state index in [1.807, 2.05) is 60.7 Å². The van der Waals surface area contributed by atoms with Gasteiger partial charge < -0.3 is 10.5 Å². The number of rotatable bonds is 5. The van der Waals surface area contributed by atoms with E-state index in [4.69, 9.17) is 10.5 Å². The standard InChI is InChI=1S/C20H16BrNO2/c21-17-10-11-19(24-13-14-4-2-1-3-5-14)18(12-17)15-6-8-16(9-7-15)20(22)23/h1-12H,13H2,(H2,22,23). The molecule has 2 N–H and O–H groups in total. The highest BCUT2D eigenvalue weighted by Gasteiger charge is 2.09. The summed E-state index contributed by atoms with van der Waals surface area (Å²) < 4.78 is 6.96. The number of hydrogen-bond acceptors (Lipinski definition) is 2. The quantitative estimate of drug-likeness (QED) is 0.690. The van der Waals surface area contributed by atoms with Gasteiger partial charge in [-0.15, -0.1) is 0 Å². The van der Waals surface area contributed by atoms with Crippen molar-refractivity contribution in [2.75, 3.05) is 0 Å². The Bertz CT molecular complexity index is 845. The maximum absolute atomic E-state index is 11.2. The molecule has 0 spiro atoms. The molecule has 0 heterocycles. The van der Waals surface area contributed by atoms with Crippen molar-refractivity contribution in [1.82, 2.24) is 0 Å². The van der Waals surface area contributed by atoms with E-state index in [1.54, 1.807) is 12.1 Å². The van der Waals surface area contributed by atoms with Gasteiger partial charge in [0.25, 0.3) is 0 Å². The number of benzene rings is 3. The van der Waals surface area contributed by atoms with Gasteiger partial charge in [-0.1, -0.05) is 58.4 Å². The Morgan fingerprint density at radius 2 is 1.67 bits per heavy atom. The summed E-state index contributed by atoms with van der Waals surface area (Å²) in [7, 11) is 0. The van der Waals surface area contributed by atoms with Crippen molar-refractivity contribution in [1.29, 1.82) is 0 Å². The lowest BCUT2D eigenvalue weighted by atomic mass is 10.0. The molecule has 3 rings (SSSR count). The molecule has 0 aliphatic heterocycles. The van der Waals surface area contributed by atoms with Gasteiger partial charge >= 0.3 is 0 Å². The van der Waals surface area contributed by atoms with Gasteiger partial charge in [0.05, 0.1) is 0 Å². The molecule has 0 fully saturated rings. The highest BCUT2D eigenvalue weighted by molar-refractivity contribution is 9.10. The van der Waals surface area contributed by atoms with E-state index in [9.17, 15) is 4.79 Å². The van der Waals surface area contributed by atoms with Gasteiger partial charge in [-0.2, -0.15) is 0 Å². The first-order valence-electron chi connectivity index (χ1n) is 7.50. The molecule has 0 aliphatic rings. The second-order valence-corrected chi connectivity index (χ2v) is 6.27. The first-order valence-corrected chi connectivity index (χ1v) is 8.29. The van der Waals surface area contributed by atoms with Gasteiger partial charge in [0.1, 0.15) is 12.4 Å². The van der Waals surface area contributed by atoms with Gasteiger partial charge in [0, 0.05) is 15.6 Å². The van der Waals surface area contributed by atoms with Crippen LogP contribution < -0.4 is 10.5 Å². The highest BCUT2D eigenvalue weighted by Crippen LogP contribution is 2.33. The summed E-state index contributed by atoms with van der Waals surface area (Å²) in [5, 5.41) is 0. The number of hydrogen-bond donors (Lipinski definition) is 1. The molecular weight excluding hydrogens is 366 g/mol. The average molecular weight is 382 g/mol. The van der Waals surface area contributed by atoms with Gasteiger partial charge in [-0.3, -0.25) is 4.79 Å². The van der Waals surface area contributed by atoms with Crippen LogP contribution in [0, 0.1) is 0 Å². The Morgan fingerprint density at radius 3 is 2.33 bits per heavy atom. The van der Waals surface area contributed by atoms with Crippen LogP contribution in [0.5, 0.6) is 5.75 Å². The molecular formula is C20H16BrNO2. The van der Waals surface area contributed by atoms with E-state index in [1.165, 1.54) is 0 Å². The van der Waals surface area contributed by atoms with Crippen LogP contribution in [0.15, 0.2) is 77.3 Å². The molecule has 120 valence electrons. The Morgan fingerprint density at radius 1 is 0.958 bits per heavy atom. The molecule has 0 unspecified atom stereocenters. The van der Waals surface area contributed by atoms with E-state index < -0.39 is 5.91 Å². The van der Waals surface area contributed by atoms with Crippen LogP contribution in [-0.2, 0) is 6.61 Å². The van der Waals surface area contributed by atoms with Gasteiger partial charge in [-0.25, -0.2) is 0 Å². The zero-order valence-corrected chi connectivity index (χ0v) is 14.5. The Balaban J connectivity index is 1.89. The van der Waals surface area contributed by atoms with E-state index >= 15 is 0 Å². The molecule has 3 nitrogen and oxygen atoms in total. The molecule has 0 atom stereocenters. The van der Waals surface area contributed by atoms with E-state index in [2.05, 4.69) is 15.9 Å². The summed E-state index contributed by atoms with van der Waals surface area (Å²) >= 11 is 3.50. The molecule has 0 saturated carbocycles. The van der Waals surface area contributed by atoms with Gasteiger partial charge in [0.15, 0.2) is 0 Å². The van der Waals surface area contributed by atoms with Crippen molar-refractivity contribution in [3.05, 3.63) is 88.4 Å². The molecule has 24 heavy (non-hydrogen) atoms. The summed E-state index contributed by atoms with van der Waals surface area (Å²) in [5.41, 5.74) is 8.81. The lowest BCUT2D eigenvalue weighted by molar-refractivity contribution is 0.100. The third-order valence-electron chi connectivity index (χ3n) is 3.66. The van der Waals surface area contributed by atoms with Crippen molar-refractivity contribution in [3.8, 4) is 16.9 Å². The Labute approximate surface area is 149 Å². The Kier molecular flexibility index (Phi) is 4.96. The van der Waals surface area contributed by atoms with Gasteiger partial charge in [-0.05, 0) is 41.5 Å². The minimum Gasteiger partial charge on any atom is -0.488 e. The lowest BCUT2D eigenvalue weighted by Crippen LogP contribution is -2.10. The second-order valence-electron chi connectivity index (χ2n) is 5.36. The zero-order chi connectivity index (χ0) is 16.9. The molecule has 0 aromatic heterocycles. The van der Waals surface area contributed by atoms with Crippen LogP contribution >= 0.6 is 15.9 Å². The summed E-state index contributed by atoms with van der Waals surface area (Å²) in [6, 6.07) is 23.1. The summed E-state index contributed by atoms with van der Waals surface area (Å²) in [5.74, 6) is 0.352. The predicted octanol–water partition coefficient (Wildman–Crippen LogP) is 4.79. The molecule has 3 aromatic rings. The predicted molar refractivity (Wildman–Crippen MR) is 98.9 cm³/mol. The monoisotopic (exact) mass is 381 g/mol. The minimum atomic E-state index is -0.434. The molecule has 0 aliphatic carbocycles. The average Bonchev–Trinajstić information content (AvgIpc) is 2.61. The summed E-state index contributed by atoms with van der Waals surface area (Å²) in [4.78, 5) is 11.2. The molecule has 3 aromatic carbocycles. The smallest absolute Gasteiger partial charge is 0.248 e. The van der Waals surface area contributed by atoms with Crippen LogP contribution in [0.25, 0.3) is 11.1 Å². The van der Waals surface area contributed by atoms with E-state index in [-0.39, 0.29) is 0 Å². The third kappa shape index (κ3) is 3.84. The Hall–Kier alpha value is -2.59. The molecule has 1 amide bonds. The fourth-order valence-corrected chi connectivity index (χ4v) is 2.76. The SMILES string of the molecule is NC(=O)c1ccc(-c2cc(Br)ccc2OCc2ccccc2)cc1. The minimum absolute atomic E-state index is 0.434. The number of carbonyl (C=O) groups is 1. The third-order valence-corrected chi connectivity index (χ3v) is 4.15. The number of halogens is 1. The topological polar surface area (TPSA) is 52.3 Å². The van der Waals surface area contributed by atoms with Crippen molar-refractivity contribution >= 4 is 21.8 Å². The van der Waals surface area contributed by atoms with Crippen LogP contribution in [0.1, 0.15) is 15.9 Å². The number of primary amides is 1. The molecule has 4 heteroatoms. The van der Waals surface area contributed by atoms with Crippen molar-refractivity contribution < 1.29 is 9.53 Å². The maximum Gasteiger partial charge on any atom is 0.248 e. The first-order chi connectivity index (χ1) is 11.6. The molecule has 0 saturated heterocycles. The number of ether oxygens (including phenoxy) is 1. The number of nitrogens with two attached hydrogens (primary N) is 1. The first kappa shape index (κ1) is 16.3. The van der Waals surface area contributed by atoms with Crippen molar-refractivity contribution in [2.45, 2.75) is 6.61 Å². The van der Waals surface area contributed by atoms with Crippen LogP contribution in [-0.4, -0.2) is 5.91 Å². The van der Waals surface area contributed by atoms with Gasteiger partial charge in [0.2, 0.25) is 5.91 Å². The molecule has 0 radical (unpaired) electrons. The highest BCUT2D eigenvalue weighted by atomic mass is 79.9. The van der Waals surface area contributed by atoms with Crippen LogP contribution in [0.3, 0.4) is 0 Å². The fraction of sp³-hybridized carbons (Fsp3) is 0.0500. The van der Waals surface area contributed by atoms with Crippen molar-refractivity contribution in [3.63, 3.8) is 0 Å². The molecule has 0 bridgehead atoms. The van der Waals surface area contributed by atoms with E-state index in [0.717, 1.165) is 26.9 Å². The number of carbonyl (C=O) groups excluding carboxylic acids is 1. The second kappa shape index (κ2) is 7.32. The zero-order valence-electron chi connectivity index (χ0n) is 12.9. The largest absolute Gasteiger partial charge is 0.488 e. The summed E-state index contributed by atoms with van der Waals surface area (Å²) in [6.45, 7) is 0.495. The van der Waals surface area contributed by atoms with E-state index in [0.29, 0.717) is 12.2 Å². The van der Waals surface area contributed by atoms with Crippen LogP contribution in [0.4, 0.5) is 0 Å². The lowest BCUT2D eigenvalue weighted by Gasteiger charge is -2.13. The number of amides is 1. The van der Waals surface area contributed by atoms with Crippen molar-refractivity contribution in [2.24, 2.45) is 5.73 Å². The van der Waals surface area contributed by atoms with Crippen LogP contribution in [0.2, 0.25) is 0 Å². The fourth-order valence-electron chi connectivity index (χ4n) is 2.40. The maximum atomic E-state index is 11.2. The summed E-state index contributed by atoms with van der Waals surface area (Å²) in [6.07, 6.45) is 0.